The largest absolute Gasteiger partial charge is 0.394 e. The van der Waals surface area contributed by atoms with Crippen LogP contribution in [0.3, 0.4) is 0 Å². The van der Waals surface area contributed by atoms with Crippen molar-refractivity contribution in [2.24, 2.45) is 5.73 Å². The summed E-state index contributed by atoms with van der Waals surface area (Å²) in [5, 5.41) is 20.4. The molecule has 5 N–H and O–H groups in total. The summed E-state index contributed by atoms with van der Waals surface area (Å²) in [4.78, 5) is 11.6. The zero-order chi connectivity index (χ0) is 11.4. The lowest BCUT2D eigenvalue weighted by Crippen LogP contribution is -2.60. The monoisotopic (exact) mass is 204 g/mol. The normalized spacial score (nSPS) is 16.1. The molecule has 0 fully saturated rings. The second-order valence-electron chi connectivity index (χ2n) is 4.10. The molecule has 0 aliphatic carbocycles. The standard InChI is InChI=1S/C9H20N2O3/c1-4-9(3,10)7(14)11-8(2,5-12)6-13/h12-13H,4-6,10H2,1-3H3,(H,11,14). The van der Waals surface area contributed by atoms with E-state index < -0.39 is 11.1 Å². The van der Waals surface area contributed by atoms with E-state index in [9.17, 15) is 4.79 Å². The molecule has 0 heterocycles. The Kier molecular flexibility index (Phi) is 4.51. The number of carbonyl (C=O) groups is 1. The van der Waals surface area contributed by atoms with Crippen molar-refractivity contribution < 1.29 is 15.0 Å². The Bertz CT molecular complexity index is 200. The molecular weight excluding hydrogens is 184 g/mol. The summed E-state index contributed by atoms with van der Waals surface area (Å²) < 4.78 is 0. The lowest BCUT2D eigenvalue weighted by Gasteiger charge is -2.31. The fourth-order valence-corrected chi connectivity index (χ4v) is 0.706. The van der Waals surface area contributed by atoms with Gasteiger partial charge in [0.2, 0.25) is 5.91 Å². The predicted molar refractivity (Wildman–Crippen MR) is 53.6 cm³/mol. The van der Waals surface area contributed by atoms with Crippen LogP contribution < -0.4 is 11.1 Å². The van der Waals surface area contributed by atoms with Gasteiger partial charge in [0.15, 0.2) is 0 Å². The van der Waals surface area contributed by atoms with Gasteiger partial charge < -0.3 is 21.3 Å². The number of hydrogen-bond acceptors (Lipinski definition) is 4. The summed E-state index contributed by atoms with van der Waals surface area (Å²) in [6, 6.07) is 0. The molecule has 0 aromatic rings. The van der Waals surface area contributed by atoms with Crippen LogP contribution in [0, 0.1) is 0 Å². The van der Waals surface area contributed by atoms with Crippen LogP contribution in [0.4, 0.5) is 0 Å². The van der Waals surface area contributed by atoms with E-state index in [-0.39, 0.29) is 19.1 Å². The molecule has 0 rings (SSSR count). The molecular formula is C9H20N2O3. The van der Waals surface area contributed by atoms with Crippen molar-refractivity contribution in [2.75, 3.05) is 13.2 Å². The second kappa shape index (κ2) is 4.72. The number of nitrogens with two attached hydrogens (primary N) is 1. The Morgan fingerprint density at radius 2 is 1.79 bits per heavy atom. The number of amides is 1. The SMILES string of the molecule is CCC(C)(N)C(=O)NC(C)(CO)CO. The molecule has 0 saturated carbocycles. The Morgan fingerprint density at radius 3 is 2.07 bits per heavy atom. The van der Waals surface area contributed by atoms with Gasteiger partial charge in [-0.05, 0) is 20.3 Å². The number of aliphatic hydroxyl groups excluding tert-OH is 2. The maximum absolute atomic E-state index is 11.6. The molecule has 14 heavy (non-hydrogen) atoms. The number of carbonyl (C=O) groups excluding carboxylic acids is 1. The minimum atomic E-state index is -1.01. The van der Waals surface area contributed by atoms with E-state index in [1.165, 1.54) is 0 Å². The highest BCUT2D eigenvalue weighted by Crippen LogP contribution is 2.08. The molecule has 1 amide bonds. The minimum Gasteiger partial charge on any atom is -0.394 e. The van der Waals surface area contributed by atoms with Gasteiger partial charge in [0.25, 0.3) is 0 Å². The topological polar surface area (TPSA) is 95.6 Å². The highest BCUT2D eigenvalue weighted by atomic mass is 16.3. The van der Waals surface area contributed by atoms with E-state index in [0.717, 1.165) is 0 Å². The maximum Gasteiger partial charge on any atom is 0.240 e. The van der Waals surface area contributed by atoms with Crippen LogP contribution in [0.15, 0.2) is 0 Å². The van der Waals surface area contributed by atoms with Gasteiger partial charge in [-0.3, -0.25) is 4.79 Å². The van der Waals surface area contributed by atoms with Gasteiger partial charge in [-0.25, -0.2) is 0 Å². The highest BCUT2D eigenvalue weighted by molar-refractivity contribution is 5.86. The number of aliphatic hydroxyl groups is 2. The predicted octanol–water partition coefficient (Wildman–Crippen LogP) is -1.03. The van der Waals surface area contributed by atoms with Crippen LogP contribution in [0.2, 0.25) is 0 Å². The summed E-state index contributed by atoms with van der Waals surface area (Å²) in [5.74, 6) is -0.370. The average Bonchev–Trinajstić information content (AvgIpc) is 2.17. The molecule has 0 saturated heterocycles. The van der Waals surface area contributed by atoms with E-state index in [2.05, 4.69) is 5.32 Å². The van der Waals surface area contributed by atoms with Gasteiger partial charge in [0.1, 0.15) is 0 Å². The smallest absolute Gasteiger partial charge is 0.240 e. The summed E-state index contributed by atoms with van der Waals surface area (Å²) >= 11 is 0. The van der Waals surface area contributed by atoms with Crippen LogP contribution in [-0.2, 0) is 4.79 Å². The quantitative estimate of drug-likeness (QED) is 0.460. The van der Waals surface area contributed by atoms with Crippen molar-refractivity contribution >= 4 is 5.91 Å². The zero-order valence-corrected chi connectivity index (χ0v) is 9.00. The van der Waals surface area contributed by atoms with Crippen molar-refractivity contribution in [2.45, 2.75) is 38.3 Å². The van der Waals surface area contributed by atoms with E-state index in [1.54, 1.807) is 20.8 Å². The first-order valence-electron chi connectivity index (χ1n) is 4.64. The first-order chi connectivity index (χ1) is 6.31. The Hall–Kier alpha value is -0.650. The molecule has 0 aromatic heterocycles. The Balaban J connectivity index is 4.45. The first kappa shape index (κ1) is 13.4. The molecule has 1 atom stereocenters. The van der Waals surface area contributed by atoms with Crippen LogP contribution in [-0.4, -0.2) is 40.4 Å². The zero-order valence-electron chi connectivity index (χ0n) is 9.00. The molecule has 0 aliphatic heterocycles. The molecule has 0 bridgehead atoms. The van der Waals surface area contributed by atoms with Crippen molar-refractivity contribution in [1.29, 1.82) is 0 Å². The second-order valence-corrected chi connectivity index (χ2v) is 4.10. The fraction of sp³-hybridized carbons (Fsp3) is 0.889. The molecule has 5 nitrogen and oxygen atoms in total. The Morgan fingerprint density at radius 1 is 1.36 bits per heavy atom. The maximum atomic E-state index is 11.6. The van der Waals surface area contributed by atoms with Crippen LogP contribution in [0.1, 0.15) is 27.2 Å². The fourth-order valence-electron chi connectivity index (χ4n) is 0.706. The van der Waals surface area contributed by atoms with Crippen LogP contribution in [0.5, 0.6) is 0 Å². The minimum absolute atomic E-state index is 0.324. The summed E-state index contributed by atoms with van der Waals surface area (Å²) in [6.07, 6.45) is 0.492. The van der Waals surface area contributed by atoms with Gasteiger partial charge in [0.05, 0.1) is 24.3 Å². The third kappa shape index (κ3) is 3.25. The number of nitrogens with one attached hydrogen (secondary N) is 1. The Labute approximate surface area is 84.3 Å². The van der Waals surface area contributed by atoms with E-state index in [1.807, 2.05) is 0 Å². The molecule has 0 radical (unpaired) electrons. The lowest BCUT2D eigenvalue weighted by atomic mass is 9.96. The van der Waals surface area contributed by atoms with E-state index >= 15 is 0 Å². The molecule has 0 spiro atoms. The van der Waals surface area contributed by atoms with E-state index in [0.29, 0.717) is 6.42 Å². The summed E-state index contributed by atoms with van der Waals surface area (Å²) in [5.41, 5.74) is 3.73. The van der Waals surface area contributed by atoms with Gasteiger partial charge >= 0.3 is 0 Å². The average molecular weight is 204 g/mol. The molecule has 0 aliphatic rings. The lowest BCUT2D eigenvalue weighted by molar-refractivity contribution is -0.129. The third-order valence-corrected chi connectivity index (χ3v) is 2.37. The van der Waals surface area contributed by atoms with Crippen molar-refractivity contribution in [1.82, 2.24) is 5.32 Å². The van der Waals surface area contributed by atoms with Gasteiger partial charge in [0, 0.05) is 0 Å². The number of rotatable bonds is 5. The van der Waals surface area contributed by atoms with Crippen molar-refractivity contribution in [3.63, 3.8) is 0 Å². The summed E-state index contributed by atoms with van der Waals surface area (Å²) in [6.45, 7) is 4.31. The van der Waals surface area contributed by atoms with Gasteiger partial charge in [-0.2, -0.15) is 0 Å². The third-order valence-electron chi connectivity index (χ3n) is 2.37. The van der Waals surface area contributed by atoms with Crippen LogP contribution in [0.25, 0.3) is 0 Å². The first-order valence-corrected chi connectivity index (χ1v) is 4.64. The number of hydrogen-bond donors (Lipinski definition) is 4. The van der Waals surface area contributed by atoms with Gasteiger partial charge in [-0.15, -0.1) is 0 Å². The molecule has 0 aromatic carbocycles. The van der Waals surface area contributed by atoms with Crippen LogP contribution >= 0.6 is 0 Å². The molecule has 84 valence electrons. The van der Waals surface area contributed by atoms with Crippen molar-refractivity contribution in [3.05, 3.63) is 0 Å². The van der Waals surface area contributed by atoms with Gasteiger partial charge in [-0.1, -0.05) is 6.92 Å². The van der Waals surface area contributed by atoms with E-state index in [4.69, 9.17) is 15.9 Å². The van der Waals surface area contributed by atoms with Crippen molar-refractivity contribution in [3.8, 4) is 0 Å². The summed E-state index contributed by atoms with van der Waals surface area (Å²) in [7, 11) is 0. The highest BCUT2D eigenvalue weighted by Gasteiger charge is 2.32. The molecule has 5 heteroatoms. The molecule has 1 unspecified atom stereocenters.